The Morgan fingerprint density at radius 2 is 2.00 bits per heavy atom. The molecule has 6 nitrogen and oxygen atoms in total. The van der Waals surface area contributed by atoms with Crippen LogP contribution < -0.4 is 4.90 Å². The van der Waals surface area contributed by atoms with E-state index in [4.69, 9.17) is 4.74 Å². The number of thiophene rings is 1. The van der Waals surface area contributed by atoms with Gasteiger partial charge in [-0.25, -0.2) is 4.79 Å². The second-order valence-electron chi connectivity index (χ2n) is 7.91. The third kappa shape index (κ3) is 3.67. The molecule has 1 aliphatic heterocycles. The topological polar surface area (TPSA) is 64.4 Å². The second-order valence-corrected chi connectivity index (χ2v) is 8.94. The maximum atomic E-state index is 12.9. The lowest BCUT2D eigenvalue weighted by molar-refractivity contribution is -0.126. The van der Waals surface area contributed by atoms with Crippen LogP contribution in [0.2, 0.25) is 0 Å². The number of para-hydroxylation sites is 1. The summed E-state index contributed by atoms with van der Waals surface area (Å²) in [5, 5.41) is 5.53. The Hall–Kier alpha value is -2.67. The predicted molar refractivity (Wildman–Crippen MR) is 115 cm³/mol. The van der Waals surface area contributed by atoms with Crippen LogP contribution in [-0.2, 0) is 22.5 Å². The molecule has 0 spiro atoms. The van der Waals surface area contributed by atoms with Crippen molar-refractivity contribution in [1.29, 1.82) is 0 Å². The van der Waals surface area contributed by atoms with E-state index in [1.807, 2.05) is 41.9 Å². The number of esters is 1. The van der Waals surface area contributed by atoms with E-state index in [0.29, 0.717) is 17.3 Å². The molecule has 0 N–H and O–H groups in total. The summed E-state index contributed by atoms with van der Waals surface area (Å²) in [5.74, 6) is -0.197. The van der Waals surface area contributed by atoms with Gasteiger partial charge in [0.05, 0.1) is 5.69 Å². The predicted octanol–water partition coefficient (Wildman–Crippen LogP) is 4.20. The Kier molecular flexibility index (Phi) is 5.17. The number of nitrogens with zero attached hydrogens (tertiary/aromatic N) is 3. The molecule has 0 radical (unpaired) electrons. The molecule has 0 bridgehead atoms. The van der Waals surface area contributed by atoms with Gasteiger partial charge in [0.2, 0.25) is 0 Å². The third-order valence-electron chi connectivity index (χ3n) is 5.13. The summed E-state index contributed by atoms with van der Waals surface area (Å²) < 4.78 is 7.49. The minimum atomic E-state index is -0.841. The minimum absolute atomic E-state index is 0.188. The summed E-state index contributed by atoms with van der Waals surface area (Å²) in [4.78, 5) is 28.8. The normalized spacial score (nSPS) is 14.4. The molecule has 0 fully saturated rings. The van der Waals surface area contributed by atoms with E-state index in [2.05, 4.69) is 18.9 Å². The van der Waals surface area contributed by atoms with Gasteiger partial charge in [-0.15, -0.1) is 11.3 Å². The highest BCUT2D eigenvalue weighted by Gasteiger charge is 2.30. The number of fused-ring (bicyclic) bond motifs is 2. The fraction of sp³-hybridized carbons (Fsp3) is 0.409. The van der Waals surface area contributed by atoms with E-state index >= 15 is 0 Å². The standard InChI is InChI=1S/C22H25N3O3S/c1-13(2)12-25-21-17(14(3)23-25)11-19(29-21)22(27)28-15(4)20(26)24-10-9-16-7-5-6-8-18(16)24/h5-8,11,13,15H,9-10,12H2,1-4H3. The molecule has 0 aliphatic carbocycles. The molecule has 7 heteroatoms. The van der Waals surface area contributed by atoms with Gasteiger partial charge in [0, 0.05) is 24.2 Å². The first-order valence-electron chi connectivity index (χ1n) is 9.92. The van der Waals surface area contributed by atoms with Gasteiger partial charge in [-0.2, -0.15) is 5.10 Å². The number of hydrogen-bond donors (Lipinski definition) is 0. The number of carbonyl (C=O) groups excluding carboxylic acids is 2. The van der Waals surface area contributed by atoms with Crippen molar-refractivity contribution in [3.8, 4) is 0 Å². The number of benzene rings is 1. The van der Waals surface area contributed by atoms with Crippen molar-refractivity contribution in [1.82, 2.24) is 9.78 Å². The summed E-state index contributed by atoms with van der Waals surface area (Å²) in [6, 6.07) is 9.67. The lowest BCUT2D eigenvalue weighted by atomic mass is 10.2. The van der Waals surface area contributed by atoms with E-state index in [1.165, 1.54) is 11.3 Å². The Bertz CT molecular complexity index is 1080. The Morgan fingerprint density at radius 3 is 2.76 bits per heavy atom. The molecule has 4 rings (SSSR count). The number of rotatable bonds is 5. The fourth-order valence-electron chi connectivity index (χ4n) is 3.74. The van der Waals surface area contributed by atoms with Crippen molar-refractivity contribution in [3.05, 3.63) is 46.5 Å². The van der Waals surface area contributed by atoms with Gasteiger partial charge in [0.25, 0.3) is 5.91 Å². The molecule has 29 heavy (non-hydrogen) atoms. The second kappa shape index (κ2) is 7.63. The van der Waals surface area contributed by atoms with Gasteiger partial charge in [-0.1, -0.05) is 32.0 Å². The lowest BCUT2D eigenvalue weighted by Gasteiger charge is -2.21. The zero-order valence-corrected chi connectivity index (χ0v) is 18.0. The van der Waals surface area contributed by atoms with Gasteiger partial charge >= 0.3 is 5.97 Å². The van der Waals surface area contributed by atoms with Crippen LogP contribution in [0.15, 0.2) is 30.3 Å². The highest BCUT2D eigenvalue weighted by Crippen LogP contribution is 2.31. The molecule has 0 saturated heterocycles. The summed E-state index contributed by atoms with van der Waals surface area (Å²) in [6.07, 6.45) is -0.0167. The van der Waals surface area contributed by atoms with Gasteiger partial charge in [0.15, 0.2) is 6.10 Å². The summed E-state index contributed by atoms with van der Waals surface area (Å²) in [7, 11) is 0. The maximum Gasteiger partial charge on any atom is 0.349 e. The molecule has 1 aliphatic rings. The Balaban J connectivity index is 1.50. The largest absolute Gasteiger partial charge is 0.448 e. The maximum absolute atomic E-state index is 12.9. The van der Waals surface area contributed by atoms with E-state index in [0.717, 1.165) is 40.1 Å². The van der Waals surface area contributed by atoms with Gasteiger partial charge in [-0.05, 0) is 43.9 Å². The number of aryl methyl sites for hydroxylation is 1. The number of hydrogen-bond acceptors (Lipinski definition) is 5. The molecule has 1 aromatic carbocycles. The Morgan fingerprint density at radius 1 is 1.24 bits per heavy atom. The van der Waals surface area contributed by atoms with Gasteiger partial charge in [-0.3, -0.25) is 9.48 Å². The third-order valence-corrected chi connectivity index (χ3v) is 6.26. The van der Waals surface area contributed by atoms with Crippen LogP contribution in [-0.4, -0.2) is 34.3 Å². The molecule has 1 atom stereocenters. The van der Waals surface area contributed by atoms with Crippen molar-refractivity contribution < 1.29 is 14.3 Å². The molecular weight excluding hydrogens is 386 g/mol. The zero-order valence-electron chi connectivity index (χ0n) is 17.1. The zero-order chi connectivity index (χ0) is 20.7. The molecule has 0 saturated carbocycles. The van der Waals surface area contributed by atoms with Crippen LogP contribution >= 0.6 is 11.3 Å². The van der Waals surface area contributed by atoms with Crippen molar-refractivity contribution in [2.75, 3.05) is 11.4 Å². The van der Waals surface area contributed by atoms with E-state index in [9.17, 15) is 9.59 Å². The number of anilines is 1. The highest BCUT2D eigenvalue weighted by molar-refractivity contribution is 7.20. The van der Waals surface area contributed by atoms with Gasteiger partial charge < -0.3 is 9.64 Å². The van der Waals surface area contributed by atoms with Crippen molar-refractivity contribution in [3.63, 3.8) is 0 Å². The molecule has 1 amide bonds. The molecule has 152 valence electrons. The van der Waals surface area contributed by atoms with Crippen molar-refractivity contribution in [2.24, 2.45) is 5.92 Å². The van der Waals surface area contributed by atoms with Crippen LogP contribution in [0.3, 0.4) is 0 Å². The smallest absolute Gasteiger partial charge is 0.349 e. The number of amides is 1. The number of aromatic nitrogens is 2. The van der Waals surface area contributed by atoms with E-state index in [-0.39, 0.29) is 5.91 Å². The minimum Gasteiger partial charge on any atom is -0.448 e. The highest BCUT2D eigenvalue weighted by atomic mass is 32.1. The summed E-state index contributed by atoms with van der Waals surface area (Å²) in [5.41, 5.74) is 2.95. The molecule has 1 unspecified atom stereocenters. The first-order chi connectivity index (χ1) is 13.8. The Labute approximate surface area is 174 Å². The van der Waals surface area contributed by atoms with Crippen LogP contribution in [0.25, 0.3) is 10.2 Å². The van der Waals surface area contributed by atoms with Crippen molar-refractivity contribution in [2.45, 2.75) is 46.8 Å². The molecule has 2 aromatic heterocycles. The SMILES string of the molecule is Cc1nn(CC(C)C)c2sc(C(=O)OC(C)C(=O)N3CCc4ccccc43)cc12. The monoisotopic (exact) mass is 411 g/mol. The summed E-state index contributed by atoms with van der Waals surface area (Å²) in [6.45, 7) is 9.26. The average molecular weight is 412 g/mol. The number of ether oxygens (including phenoxy) is 1. The van der Waals surface area contributed by atoms with Crippen LogP contribution in [0.1, 0.15) is 41.7 Å². The average Bonchev–Trinajstić information content (AvgIpc) is 3.36. The fourth-order valence-corrected chi connectivity index (χ4v) is 4.79. The van der Waals surface area contributed by atoms with Crippen LogP contribution in [0, 0.1) is 12.8 Å². The lowest BCUT2D eigenvalue weighted by Crippen LogP contribution is -2.39. The van der Waals surface area contributed by atoms with Crippen molar-refractivity contribution >= 4 is 39.1 Å². The van der Waals surface area contributed by atoms with Crippen LogP contribution in [0.5, 0.6) is 0 Å². The number of carbonyl (C=O) groups is 2. The summed E-state index contributed by atoms with van der Waals surface area (Å²) >= 11 is 1.37. The molecule has 3 aromatic rings. The van der Waals surface area contributed by atoms with E-state index in [1.54, 1.807) is 11.8 Å². The molecule has 3 heterocycles. The van der Waals surface area contributed by atoms with Gasteiger partial charge in [0.1, 0.15) is 9.71 Å². The van der Waals surface area contributed by atoms with Crippen LogP contribution in [0.4, 0.5) is 5.69 Å². The molecular formula is C22H25N3O3S. The van der Waals surface area contributed by atoms with E-state index < -0.39 is 12.1 Å². The first kappa shape index (κ1) is 19.6. The first-order valence-corrected chi connectivity index (χ1v) is 10.7. The quantitative estimate of drug-likeness (QED) is 0.591.